The number of rotatable bonds is 2. The number of nitrogens with one attached hydrogen (secondary N) is 1. The molecule has 0 heterocycles. The molecular formula is C34H57NO2. The topological polar surface area (TPSA) is 38.3 Å². The molecule has 5 aliphatic rings. The van der Waals surface area contributed by atoms with Gasteiger partial charge in [0.05, 0.1) is 0 Å². The van der Waals surface area contributed by atoms with Crippen LogP contribution in [0.5, 0.6) is 0 Å². The highest BCUT2D eigenvalue weighted by Crippen LogP contribution is 2.76. The fourth-order valence-corrected chi connectivity index (χ4v) is 11.9. The van der Waals surface area contributed by atoms with Crippen LogP contribution in [0.1, 0.15) is 127 Å². The highest BCUT2D eigenvalue weighted by molar-refractivity contribution is 5.68. The maximum Gasteiger partial charge on any atom is 0.407 e. The maximum atomic E-state index is 12.8. The molecule has 3 nitrogen and oxygen atoms in total. The van der Waals surface area contributed by atoms with Crippen LogP contribution in [-0.2, 0) is 4.74 Å². The van der Waals surface area contributed by atoms with E-state index in [2.05, 4.69) is 53.4 Å². The summed E-state index contributed by atoms with van der Waals surface area (Å²) in [6.45, 7) is 25.6. The molecule has 0 radical (unpaired) electrons. The number of ether oxygens (including phenoxy) is 1. The van der Waals surface area contributed by atoms with Crippen LogP contribution >= 0.6 is 0 Å². The zero-order chi connectivity index (χ0) is 27.2. The zero-order valence-corrected chi connectivity index (χ0v) is 25.6. The van der Waals surface area contributed by atoms with Gasteiger partial charge in [0.1, 0.15) is 5.60 Å². The van der Waals surface area contributed by atoms with Gasteiger partial charge in [-0.25, -0.2) is 4.79 Å². The lowest BCUT2D eigenvalue weighted by Gasteiger charge is -2.72. The van der Waals surface area contributed by atoms with Gasteiger partial charge in [0.25, 0.3) is 0 Å². The molecule has 0 spiro atoms. The van der Waals surface area contributed by atoms with Crippen LogP contribution in [0.15, 0.2) is 12.2 Å². The normalized spacial score (nSPS) is 48.6. The Labute approximate surface area is 228 Å². The average molecular weight is 512 g/mol. The van der Waals surface area contributed by atoms with Gasteiger partial charge in [-0.05, 0) is 149 Å². The highest BCUT2D eigenvalue weighted by atomic mass is 16.6. The molecule has 3 heteroatoms. The van der Waals surface area contributed by atoms with Crippen molar-refractivity contribution in [1.29, 1.82) is 0 Å². The van der Waals surface area contributed by atoms with Crippen molar-refractivity contribution in [2.45, 2.75) is 138 Å². The van der Waals surface area contributed by atoms with Crippen molar-refractivity contribution in [3.63, 3.8) is 0 Å². The zero-order valence-electron chi connectivity index (χ0n) is 25.6. The molecule has 1 N–H and O–H groups in total. The lowest BCUT2D eigenvalue weighted by atomic mass is 9.33. The van der Waals surface area contributed by atoms with Crippen LogP contribution in [0.4, 0.5) is 4.79 Å². The summed E-state index contributed by atoms with van der Waals surface area (Å²) in [5, 5.41) is 3.32. The SMILES string of the molecule is C=C(C)[C@@H]1CC[C@@H]2CC[C@]3(C)[C@H](CC[C@@H]4[C@@]5(C)CCC(NC(=O)OC(C)(C)C)C(C)(C)[C@@H]5CC[C@]43C)[C@H]21. The maximum absolute atomic E-state index is 12.8. The molecule has 5 fully saturated rings. The van der Waals surface area contributed by atoms with Gasteiger partial charge < -0.3 is 10.1 Å². The summed E-state index contributed by atoms with van der Waals surface area (Å²) in [6, 6.07) is 0.182. The lowest BCUT2D eigenvalue weighted by molar-refractivity contribution is -0.231. The number of carbonyl (C=O) groups excluding carboxylic acids is 1. The highest BCUT2D eigenvalue weighted by Gasteiger charge is 2.69. The Kier molecular flexibility index (Phi) is 6.52. The van der Waals surface area contributed by atoms with Gasteiger partial charge in [-0.15, -0.1) is 0 Å². The van der Waals surface area contributed by atoms with Crippen molar-refractivity contribution < 1.29 is 9.53 Å². The van der Waals surface area contributed by atoms with Gasteiger partial charge >= 0.3 is 6.09 Å². The molecule has 0 aromatic heterocycles. The van der Waals surface area contributed by atoms with E-state index in [1.165, 1.54) is 63.4 Å². The molecular weight excluding hydrogens is 454 g/mol. The fourth-order valence-electron chi connectivity index (χ4n) is 11.9. The monoisotopic (exact) mass is 511 g/mol. The van der Waals surface area contributed by atoms with Crippen molar-refractivity contribution >= 4 is 6.09 Å². The molecule has 0 bridgehead atoms. The third-order valence-electron chi connectivity index (χ3n) is 13.7. The van der Waals surface area contributed by atoms with Crippen LogP contribution in [-0.4, -0.2) is 17.7 Å². The van der Waals surface area contributed by atoms with E-state index in [9.17, 15) is 4.79 Å². The van der Waals surface area contributed by atoms with E-state index >= 15 is 0 Å². The Balaban J connectivity index is 1.41. The molecule has 0 aromatic carbocycles. The van der Waals surface area contributed by atoms with E-state index in [-0.39, 0.29) is 17.6 Å². The van der Waals surface area contributed by atoms with Crippen molar-refractivity contribution in [2.24, 2.45) is 57.2 Å². The molecule has 1 amide bonds. The first-order valence-electron chi connectivity index (χ1n) is 15.7. The van der Waals surface area contributed by atoms with Crippen molar-refractivity contribution in [2.75, 3.05) is 0 Å². The van der Waals surface area contributed by atoms with E-state index in [0.29, 0.717) is 22.2 Å². The molecule has 0 saturated heterocycles. The summed E-state index contributed by atoms with van der Waals surface area (Å²) in [6.07, 6.45) is 13.2. The lowest BCUT2D eigenvalue weighted by Crippen LogP contribution is -2.67. The standard InChI is InChI=1S/C34H57NO2/c1-21(2)23-12-11-22-15-19-33(9)24(28(22)23)13-14-26-32(8)18-17-27(35-29(36)37-30(3,4)5)31(6,7)25(32)16-20-34(26,33)10/h22-28H,1,11-20H2,2-10H3,(H,35,36)/t22-,23+,24-,25+,26-,27?,28-,32+,33-,34-/m1/s1. The van der Waals surface area contributed by atoms with E-state index in [0.717, 1.165) is 36.0 Å². The number of fused-ring (bicyclic) bond motifs is 7. The predicted molar refractivity (Wildman–Crippen MR) is 153 cm³/mol. The van der Waals surface area contributed by atoms with Gasteiger partial charge in [-0.2, -0.15) is 0 Å². The minimum atomic E-state index is -0.459. The number of hydrogen-bond acceptors (Lipinski definition) is 2. The average Bonchev–Trinajstić information content (AvgIpc) is 3.19. The number of alkyl carbamates (subject to hydrolysis) is 1. The van der Waals surface area contributed by atoms with Crippen LogP contribution in [0.2, 0.25) is 0 Å². The van der Waals surface area contributed by atoms with Gasteiger partial charge in [0.2, 0.25) is 0 Å². The Bertz CT molecular complexity index is 931. The molecule has 0 aromatic rings. The molecule has 5 rings (SSSR count). The minimum absolute atomic E-state index is 0.0666. The second kappa shape index (κ2) is 8.76. The Morgan fingerprint density at radius 3 is 2.16 bits per heavy atom. The first-order chi connectivity index (χ1) is 17.0. The second-order valence-corrected chi connectivity index (χ2v) is 16.6. The molecule has 0 aliphatic heterocycles. The first-order valence-corrected chi connectivity index (χ1v) is 15.7. The summed E-state index contributed by atoms with van der Waals surface area (Å²) < 4.78 is 5.67. The minimum Gasteiger partial charge on any atom is -0.444 e. The van der Waals surface area contributed by atoms with Crippen LogP contribution < -0.4 is 5.32 Å². The first kappa shape index (κ1) is 27.6. The summed E-state index contributed by atoms with van der Waals surface area (Å²) in [5.74, 6) is 4.87. The summed E-state index contributed by atoms with van der Waals surface area (Å²) >= 11 is 0. The third kappa shape index (κ3) is 4.05. The van der Waals surface area contributed by atoms with Gasteiger partial charge in [0.15, 0.2) is 0 Å². The van der Waals surface area contributed by atoms with Crippen LogP contribution in [0.3, 0.4) is 0 Å². The van der Waals surface area contributed by atoms with Crippen LogP contribution in [0, 0.1) is 57.2 Å². The van der Waals surface area contributed by atoms with Crippen molar-refractivity contribution in [3.8, 4) is 0 Å². The smallest absolute Gasteiger partial charge is 0.407 e. The fraction of sp³-hybridized carbons (Fsp3) is 0.912. The molecule has 210 valence electrons. The van der Waals surface area contributed by atoms with E-state index < -0.39 is 5.60 Å². The number of allylic oxidation sites excluding steroid dienone is 1. The van der Waals surface area contributed by atoms with E-state index in [4.69, 9.17) is 4.74 Å². The molecule has 10 atom stereocenters. The van der Waals surface area contributed by atoms with Crippen LogP contribution in [0.25, 0.3) is 0 Å². The van der Waals surface area contributed by atoms with Crippen molar-refractivity contribution in [3.05, 3.63) is 12.2 Å². The summed E-state index contributed by atoms with van der Waals surface area (Å²) in [4.78, 5) is 12.8. The molecule has 5 saturated carbocycles. The number of hydrogen-bond donors (Lipinski definition) is 1. The Morgan fingerprint density at radius 1 is 0.838 bits per heavy atom. The summed E-state index contributed by atoms with van der Waals surface area (Å²) in [7, 11) is 0. The second-order valence-electron chi connectivity index (χ2n) is 16.6. The third-order valence-corrected chi connectivity index (χ3v) is 13.7. The van der Waals surface area contributed by atoms with Gasteiger partial charge in [0, 0.05) is 6.04 Å². The van der Waals surface area contributed by atoms with Crippen molar-refractivity contribution in [1.82, 2.24) is 5.32 Å². The number of amides is 1. The summed E-state index contributed by atoms with van der Waals surface area (Å²) in [5.41, 5.74) is 2.26. The largest absolute Gasteiger partial charge is 0.444 e. The molecule has 37 heavy (non-hydrogen) atoms. The predicted octanol–water partition coefficient (Wildman–Crippen LogP) is 9.17. The quantitative estimate of drug-likeness (QED) is 0.375. The Morgan fingerprint density at radius 2 is 1.51 bits per heavy atom. The Hall–Kier alpha value is -0.990. The van der Waals surface area contributed by atoms with Gasteiger partial charge in [-0.3, -0.25) is 0 Å². The number of carbonyl (C=O) groups is 1. The van der Waals surface area contributed by atoms with E-state index in [1.807, 2.05) is 20.8 Å². The molecule has 5 aliphatic carbocycles. The van der Waals surface area contributed by atoms with E-state index in [1.54, 1.807) is 0 Å². The van der Waals surface area contributed by atoms with Gasteiger partial charge in [-0.1, -0.05) is 46.8 Å². The molecule has 1 unspecified atom stereocenters.